The van der Waals surface area contributed by atoms with Crippen molar-refractivity contribution in [1.82, 2.24) is 0 Å². The van der Waals surface area contributed by atoms with Crippen LogP contribution in [-0.4, -0.2) is 13.0 Å². The molecule has 0 fully saturated rings. The molecular formula is C6H4BFO. The number of hydrogen-bond donors (Lipinski definition) is 1. The van der Waals surface area contributed by atoms with E-state index in [0.717, 1.165) is 6.07 Å². The van der Waals surface area contributed by atoms with Crippen molar-refractivity contribution in [3.8, 4) is 5.75 Å². The predicted molar refractivity (Wildman–Crippen MR) is 33.5 cm³/mol. The fourth-order valence-corrected chi connectivity index (χ4v) is 0.517. The van der Waals surface area contributed by atoms with E-state index in [0.29, 0.717) is 0 Å². The Morgan fingerprint density at radius 2 is 2.11 bits per heavy atom. The molecule has 9 heavy (non-hydrogen) atoms. The average molecular weight is 122 g/mol. The molecule has 2 radical (unpaired) electrons. The second kappa shape index (κ2) is 2.09. The number of benzene rings is 1. The van der Waals surface area contributed by atoms with Gasteiger partial charge in [-0.25, -0.2) is 4.39 Å². The molecule has 0 aliphatic rings. The molecule has 1 aromatic carbocycles. The highest BCUT2D eigenvalue weighted by Crippen LogP contribution is 2.04. The Bertz CT molecular complexity index is 224. The first-order valence-corrected chi connectivity index (χ1v) is 2.44. The van der Waals surface area contributed by atoms with Crippen molar-refractivity contribution in [3.05, 3.63) is 24.0 Å². The second-order valence-electron chi connectivity index (χ2n) is 1.70. The minimum atomic E-state index is -0.485. The van der Waals surface area contributed by atoms with E-state index in [-0.39, 0.29) is 11.2 Å². The predicted octanol–water partition coefficient (Wildman–Crippen LogP) is 0.325. The molecule has 0 bridgehead atoms. The van der Waals surface area contributed by atoms with Crippen LogP contribution in [0.25, 0.3) is 0 Å². The van der Waals surface area contributed by atoms with Gasteiger partial charge >= 0.3 is 0 Å². The summed E-state index contributed by atoms with van der Waals surface area (Å²) in [5.41, 5.74) is 0.191. The third-order valence-electron chi connectivity index (χ3n) is 0.992. The quantitative estimate of drug-likeness (QED) is 0.491. The van der Waals surface area contributed by atoms with Crippen molar-refractivity contribution in [3.63, 3.8) is 0 Å². The first kappa shape index (κ1) is 6.14. The Morgan fingerprint density at radius 3 is 2.56 bits per heavy atom. The lowest BCUT2D eigenvalue weighted by molar-refractivity contribution is 0.473. The third-order valence-corrected chi connectivity index (χ3v) is 0.992. The zero-order valence-electron chi connectivity index (χ0n) is 4.63. The van der Waals surface area contributed by atoms with Gasteiger partial charge in [-0.05, 0) is 6.07 Å². The fourth-order valence-electron chi connectivity index (χ4n) is 0.517. The van der Waals surface area contributed by atoms with Gasteiger partial charge in [0, 0.05) is 6.07 Å². The molecule has 0 spiro atoms. The Morgan fingerprint density at radius 1 is 1.44 bits per heavy atom. The highest BCUT2D eigenvalue weighted by Gasteiger charge is 1.94. The van der Waals surface area contributed by atoms with E-state index in [1.54, 1.807) is 0 Å². The Hall–Kier alpha value is -0.985. The molecule has 0 amide bonds. The summed E-state index contributed by atoms with van der Waals surface area (Å²) in [6, 6.07) is 3.47. The lowest BCUT2D eigenvalue weighted by Gasteiger charge is -1.95. The van der Waals surface area contributed by atoms with Crippen LogP contribution >= 0.6 is 0 Å². The average Bonchev–Trinajstić information content (AvgIpc) is 1.80. The van der Waals surface area contributed by atoms with Gasteiger partial charge in [-0.1, -0.05) is 11.5 Å². The van der Waals surface area contributed by atoms with Gasteiger partial charge in [-0.3, -0.25) is 0 Å². The molecule has 0 heterocycles. The van der Waals surface area contributed by atoms with Crippen molar-refractivity contribution in [2.45, 2.75) is 0 Å². The smallest absolute Gasteiger partial charge is 0.126 e. The largest absolute Gasteiger partial charge is 0.508 e. The molecule has 0 unspecified atom stereocenters. The van der Waals surface area contributed by atoms with Crippen LogP contribution < -0.4 is 5.46 Å². The summed E-state index contributed by atoms with van der Waals surface area (Å²) in [7, 11) is 5.17. The monoisotopic (exact) mass is 122 g/mol. The lowest BCUT2D eigenvalue weighted by atomic mass is 9.95. The van der Waals surface area contributed by atoms with Gasteiger partial charge in [-0.15, -0.1) is 0 Å². The topological polar surface area (TPSA) is 20.2 Å². The minimum absolute atomic E-state index is 0.191. The highest BCUT2D eigenvalue weighted by atomic mass is 19.1. The summed E-state index contributed by atoms with van der Waals surface area (Å²) in [6.07, 6.45) is 0. The van der Waals surface area contributed by atoms with Crippen LogP contribution in [0.2, 0.25) is 0 Å². The van der Waals surface area contributed by atoms with E-state index in [2.05, 4.69) is 0 Å². The van der Waals surface area contributed by atoms with Crippen molar-refractivity contribution in [2.24, 2.45) is 0 Å². The fraction of sp³-hybridized carbons (Fsp3) is 0. The molecule has 1 nitrogen and oxygen atoms in total. The summed E-state index contributed by atoms with van der Waals surface area (Å²) in [4.78, 5) is 0. The number of aromatic hydroxyl groups is 1. The molecule has 0 aromatic heterocycles. The minimum Gasteiger partial charge on any atom is -0.508 e. The van der Waals surface area contributed by atoms with Crippen LogP contribution in [0.5, 0.6) is 5.75 Å². The van der Waals surface area contributed by atoms with Crippen LogP contribution in [0.15, 0.2) is 18.2 Å². The van der Waals surface area contributed by atoms with E-state index in [9.17, 15) is 4.39 Å². The van der Waals surface area contributed by atoms with E-state index in [4.69, 9.17) is 13.0 Å². The van der Waals surface area contributed by atoms with E-state index < -0.39 is 5.82 Å². The van der Waals surface area contributed by atoms with Gasteiger partial charge in [0.1, 0.15) is 19.4 Å². The van der Waals surface area contributed by atoms with E-state index in [1.165, 1.54) is 12.1 Å². The molecule has 1 rings (SSSR count). The molecule has 0 aliphatic carbocycles. The maximum absolute atomic E-state index is 12.1. The number of halogens is 1. The summed E-state index contributed by atoms with van der Waals surface area (Å²) < 4.78 is 12.1. The van der Waals surface area contributed by atoms with Gasteiger partial charge in [0.2, 0.25) is 0 Å². The normalized spacial score (nSPS) is 9.44. The van der Waals surface area contributed by atoms with Gasteiger partial charge < -0.3 is 5.11 Å². The van der Waals surface area contributed by atoms with Gasteiger partial charge in [0.25, 0.3) is 0 Å². The number of hydrogen-bond acceptors (Lipinski definition) is 1. The number of phenolic OH excluding ortho intramolecular Hbond substituents is 1. The zero-order valence-corrected chi connectivity index (χ0v) is 4.63. The summed E-state index contributed by atoms with van der Waals surface area (Å²) in [5.74, 6) is -0.697. The zero-order chi connectivity index (χ0) is 6.85. The standard InChI is InChI=1S/C6H4BFO/c7-5-2-1-4(8)3-6(5)9/h1-3,9H. The van der Waals surface area contributed by atoms with Crippen LogP contribution in [0.1, 0.15) is 0 Å². The maximum Gasteiger partial charge on any atom is 0.126 e. The van der Waals surface area contributed by atoms with Crippen LogP contribution in [0.3, 0.4) is 0 Å². The third kappa shape index (κ3) is 1.22. The van der Waals surface area contributed by atoms with E-state index in [1.807, 2.05) is 0 Å². The number of phenols is 1. The lowest BCUT2D eigenvalue weighted by Crippen LogP contribution is -2.01. The highest BCUT2D eigenvalue weighted by molar-refractivity contribution is 6.34. The summed E-state index contributed by atoms with van der Waals surface area (Å²) in [5, 5.41) is 8.74. The van der Waals surface area contributed by atoms with Crippen LogP contribution in [0, 0.1) is 5.82 Å². The van der Waals surface area contributed by atoms with Crippen molar-refractivity contribution in [2.75, 3.05) is 0 Å². The molecule has 1 N–H and O–H groups in total. The van der Waals surface area contributed by atoms with Gasteiger partial charge in [0.05, 0.1) is 0 Å². The Labute approximate surface area is 53.5 Å². The van der Waals surface area contributed by atoms with Crippen molar-refractivity contribution in [1.29, 1.82) is 0 Å². The maximum atomic E-state index is 12.1. The molecule has 0 aliphatic heterocycles. The van der Waals surface area contributed by atoms with E-state index >= 15 is 0 Å². The molecule has 1 aromatic rings. The molecule has 0 saturated heterocycles. The first-order valence-electron chi connectivity index (χ1n) is 2.44. The van der Waals surface area contributed by atoms with Crippen LogP contribution in [-0.2, 0) is 0 Å². The Kier molecular flexibility index (Phi) is 1.43. The SMILES string of the molecule is [B]c1ccc(F)cc1O. The molecular weight excluding hydrogens is 118 g/mol. The Balaban J connectivity index is 3.17. The van der Waals surface area contributed by atoms with Gasteiger partial charge in [0.15, 0.2) is 0 Å². The molecule has 0 atom stereocenters. The van der Waals surface area contributed by atoms with Gasteiger partial charge in [-0.2, -0.15) is 0 Å². The molecule has 3 heteroatoms. The van der Waals surface area contributed by atoms with Crippen molar-refractivity contribution >= 4 is 13.3 Å². The molecule has 0 saturated carbocycles. The molecule has 44 valence electrons. The summed E-state index contributed by atoms with van der Waals surface area (Å²) in [6.45, 7) is 0. The van der Waals surface area contributed by atoms with Crippen molar-refractivity contribution < 1.29 is 9.50 Å². The number of rotatable bonds is 0. The first-order chi connectivity index (χ1) is 4.20. The summed E-state index contributed by atoms with van der Waals surface area (Å²) >= 11 is 0. The van der Waals surface area contributed by atoms with Crippen LogP contribution in [0.4, 0.5) is 4.39 Å². The second-order valence-corrected chi connectivity index (χ2v) is 1.70.